The summed E-state index contributed by atoms with van der Waals surface area (Å²) in [6.07, 6.45) is 11.3. The number of fused-ring (bicyclic) bond motifs is 1. The van der Waals surface area contributed by atoms with Gasteiger partial charge in [0.05, 0.1) is 6.61 Å². The first-order chi connectivity index (χ1) is 9.92. The van der Waals surface area contributed by atoms with Crippen molar-refractivity contribution in [3.8, 4) is 0 Å². The highest BCUT2D eigenvalue weighted by atomic mass is 79.9. The molecule has 2 rings (SSSR count). The average molecular weight is 375 g/mol. The van der Waals surface area contributed by atoms with E-state index in [2.05, 4.69) is 39.7 Å². The third-order valence-electron chi connectivity index (χ3n) is 3.24. The second kappa shape index (κ2) is 7.13. The highest BCUT2D eigenvalue weighted by molar-refractivity contribution is 9.10. The van der Waals surface area contributed by atoms with Crippen LogP contribution in [0.15, 0.2) is 22.9 Å². The van der Waals surface area contributed by atoms with E-state index in [1.54, 1.807) is 6.20 Å². The van der Waals surface area contributed by atoms with E-state index in [1.165, 1.54) is 0 Å². The molecule has 0 amide bonds. The van der Waals surface area contributed by atoms with Gasteiger partial charge in [-0.15, -0.1) is 0 Å². The molecule has 4 nitrogen and oxygen atoms in total. The van der Waals surface area contributed by atoms with Crippen molar-refractivity contribution in [3.63, 3.8) is 0 Å². The minimum atomic E-state index is -0.522. The van der Waals surface area contributed by atoms with Gasteiger partial charge in [0, 0.05) is 34.6 Å². The maximum atomic E-state index is 9.21. The number of hydrogen-bond donors (Lipinski definition) is 1. The molecule has 21 heavy (non-hydrogen) atoms. The standard InChI is InChI=1S/C15H23BrN2O2S/c1-21(2,3)9-8-20-11-18-10-12(5-7-19)14-13(16)4-6-17-15(14)18/h4,6,10,19H,5,7-9,11H2,1-3H3. The van der Waals surface area contributed by atoms with Crippen LogP contribution >= 0.6 is 26.0 Å². The summed E-state index contributed by atoms with van der Waals surface area (Å²) < 4.78 is 8.83. The van der Waals surface area contributed by atoms with E-state index in [4.69, 9.17) is 4.74 Å². The maximum Gasteiger partial charge on any atom is 0.143 e. The number of ether oxygens (including phenoxy) is 1. The Morgan fingerprint density at radius 2 is 2.14 bits per heavy atom. The third kappa shape index (κ3) is 4.45. The van der Waals surface area contributed by atoms with Crippen molar-refractivity contribution < 1.29 is 9.84 Å². The Bertz CT molecular complexity index is 607. The maximum absolute atomic E-state index is 9.21. The van der Waals surface area contributed by atoms with Gasteiger partial charge in [-0.3, -0.25) is 0 Å². The Hall–Kier alpha value is -0.560. The zero-order valence-corrected chi connectivity index (χ0v) is 15.2. The van der Waals surface area contributed by atoms with Crippen molar-refractivity contribution in [1.29, 1.82) is 0 Å². The number of nitrogens with zero attached hydrogens (tertiary/aromatic N) is 2. The van der Waals surface area contributed by atoms with Crippen LogP contribution in [0.5, 0.6) is 0 Å². The van der Waals surface area contributed by atoms with Gasteiger partial charge >= 0.3 is 0 Å². The molecule has 0 bridgehead atoms. The van der Waals surface area contributed by atoms with Gasteiger partial charge < -0.3 is 14.4 Å². The first-order valence-corrected chi connectivity index (χ1v) is 10.7. The lowest BCUT2D eigenvalue weighted by atomic mass is 10.2. The van der Waals surface area contributed by atoms with E-state index in [0.29, 0.717) is 13.2 Å². The number of rotatable bonds is 7. The molecule has 0 aliphatic heterocycles. The van der Waals surface area contributed by atoms with E-state index >= 15 is 0 Å². The second-order valence-corrected chi connectivity index (χ2v) is 11.4. The third-order valence-corrected chi connectivity index (χ3v) is 5.29. The van der Waals surface area contributed by atoms with Crippen LogP contribution in [0, 0.1) is 0 Å². The van der Waals surface area contributed by atoms with E-state index in [1.807, 2.05) is 16.8 Å². The molecule has 0 aliphatic carbocycles. The van der Waals surface area contributed by atoms with Crippen molar-refractivity contribution in [1.82, 2.24) is 9.55 Å². The highest BCUT2D eigenvalue weighted by Crippen LogP contribution is 2.33. The van der Waals surface area contributed by atoms with Crippen LogP contribution in [-0.4, -0.2) is 52.4 Å². The van der Waals surface area contributed by atoms with Crippen molar-refractivity contribution in [2.24, 2.45) is 0 Å². The Labute approximate surface area is 136 Å². The van der Waals surface area contributed by atoms with Gasteiger partial charge in [0.2, 0.25) is 0 Å². The molecular formula is C15H23BrN2O2S. The normalized spacial score (nSPS) is 13.0. The van der Waals surface area contributed by atoms with Crippen LogP contribution in [0.3, 0.4) is 0 Å². The first-order valence-electron chi connectivity index (χ1n) is 6.89. The summed E-state index contributed by atoms with van der Waals surface area (Å²) in [6.45, 7) is 1.40. The lowest BCUT2D eigenvalue weighted by molar-refractivity contribution is 0.0922. The lowest BCUT2D eigenvalue weighted by Crippen LogP contribution is -2.09. The summed E-state index contributed by atoms with van der Waals surface area (Å²) in [5.41, 5.74) is 1.99. The Morgan fingerprint density at radius 3 is 2.81 bits per heavy atom. The molecule has 0 aromatic carbocycles. The average Bonchev–Trinajstić information content (AvgIpc) is 2.74. The second-order valence-electron chi connectivity index (χ2n) is 5.92. The Morgan fingerprint density at radius 1 is 1.38 bits per heavy atom. The van der Waals surface area contributed by atoms with E-state index in [0.717, 1.165) is 33.4 Å². The predicted octanol–water partition coefficient (Wildman–Crippen LogP) is 3.00. The number of aliphatic hydroxyl groups excluding tert-OH is 1. The molecule has 0 fully saturated rings. The Kier molecular flexibility index (Phi) is 5.71. The van der Waals surface area contributed by atoms with E-state index < -0.39 is 10.0 Å². The lowest BCUT2D eigenvalue weighted by Gasteiger charge is -2.24. The minimum Gasteiger partial charge on any atom is -0.396 e. The molecule has 2 aromatic heterocycles. The minimum absolute atomic E-state index is 0.134. The van der Waals surface area contributed by atoms with Gasteiger partial charge in [0.25, 0.3) is 0 Å². The van der Waals surface area contributed by atoms with Gasteiger partial charge in [-0.2, -0.15) is 0 Å². The fourth-order valence-electron chi connectivity index (χ4n) is 2.14. The molecule has 118 valence electrons. The topological polar surface area (TPSA) is 47.3 Å². The number of aliphatic hydroxyl groups is 1. The summed E-state index contributed by atoms with van der Waals surface area (Å²) in [7, 11) is -0.522. The monoisotopic (exact) mass is 374 g/mol. The van der Waals surface area contributed by atoms with Crippen molar-refractivity contribution >= 4 is 37.0 Å². The molecule has 0 saturated carbocycles. The van der Waals surface area contributed by atoms with Crippen LogP contribution in [0.2, 0.25) is 0 Å². The molecule has 0 unspecified atom stereocenters. The molecule has 6 heteroatoms. The Balaban J connectivity index is 2.14. The summed E-state index contributed by atoms with van der Waals surface area (Å²) in [4.78, 5) is 4.45. The van der Waals surface area contributed by atoms with Gasteiger partial charge in [0.15, 0.2) is 0 Å². The highest BCUT2D eigenvalue weighted by Gasteiger charge is 2.12. The van der Waals surface area contributed by atoms with Crippen molar-refractivity contribution in [2.75, 3.05) is 37.7 Å². The molecule has 0 aliphatic rings. The quantitative estimate of drug-likeness (QED) is 0.757. The molecule has 1 N–H and O–H groups in total. The largest absolute Gasteiger partial charge is 0.396 e. The number of hydrogen-bond acceptors (Lipinski definition) is 3. The summed E-state index contributed by atoms with van der Waals surface area (Å²) in [5.74, 6) is 1.10. The van der Waals surface area contributed by atoms with Crippen LogP contribution in [-0.2, 0) is 17.9 Å². The van der Waals surface area contributed by atoms with E-state index in [-0.39, 0.29) is 6.61 Å². The van der Waals surface area contributed by atoms with Crippen LogP contribution in [0.4, 0.5) is 0 Å². The molecule has 0 radical (unpaired) electrons. The molecule has 0 atom stereocenters. The predicted molar refractivity (Wildman–Crippen MR) is 94.4 cm³/mol. The molecular weight excluding hydrogens is 352 g/mol. The van der Waals surface area contributed by atoms with Gasteiger partial charge in [-0.25, -0.2) is 15.0 Å². The number of aromatic nitrogens is 2. The van der Waals surface area contributed by atoms with Gasteiger partial charge in [-0.1, -0.05) is 0 Å². The molecule has 0 spiro atoms. The van der Waals surface area contributed by atoms with Crippen LogP contribution in [0.25, 0.3) is 11.0 Å². The van der Waals surface area contributed by atoms with Gasteiger partial charge in [-0.05, 0) is 52.7 Å². The van der Waals surface area contributed by atoms with E-state index in [9.17, 15) is 5.11 Å². The van der Waals surface area contributed by atoms with Crippen molar-refractivity contribution in [3.05, 3.63) is 28.5 Å². The smallest absolute Gasteiger partial charge is 0.143 e. The summed E-state index contributed by atoms with van der Waals surface area (Å²) >= 11 is 3.57. The van der Waals surface area contributed by atoms with Crippen LogP contribution < -0.4 is 0 Å². The number of halogens is 1. The zero-order chi connectivity index (χ0) is 15.5. The zero-order valence-electron chi connectivity index (χ0n) is 12.8. The fraction of sp³-hybridized carbons (Fsp3) is 0.533. The molecule has 2 aromatic rings. The molecule has 2 heterocycles. The van der Waals surface area contributed by atoms with Crippen molar-refractivity contribution in [2.45, 2.75) is 13.2 Å². The fourth-order valence-corrected chi connectivity index (χ4v) is 3.30. The molecule has 0 saturated heterocycles. The van der Waals surface area contributed by atoms with Gasteiger partial charge in [0.1, 0.15) is 12.4 Å². The SMILES string of the molecule is CS(C)(C)CCOCn1cc(CCO)c2c(Br)ccnc21. The van der Waals surface area contributed by atoms with Crippen LogP contribution in [0.1, 0.15) is 5.56 Å². The summed E-state index contributed by atoms with van der Waals surface area (Å²) in [5, 5.41) is 10.3. The number of pyridine rings is 1. The first kappa shape index (κ1) is 16.8. The summed E-state index contributed by atoms with van der Waals surface area (Å²) in [6, 6.07) is 1.93.